The molecule has 1 saturated carbocycles. The Bertz CT molecular complexity index is 558. The van der Waals surface area contributed by atoms with Gasteiger partial charge in [-0.25, -0.2) is 0 Å². The molecular weight excluding hydrogens is 302 g/mol. The minimum absolute atomic E-state index is 0.00828. The van der Waals surface area contributed by atoms with Crippen LogP contribution in [-0.2, 0) is 9.53 Å². The van der Waals surface area contributed by atoms with Crippen LogP contribution in [0.3, 0.4) is 0 Å². The molecule has 24 heavy (non-hydrogen) atoms. The highest BCUT2D eigenvalue weighted by molar-refractivity contribution is 5.97. The van der Waals surface area contributed by atoms with Crippen molar-refractivity contribution >= 4 is 11.6 Å². The Labute approximate surface area is 145 Å². The second-order valence-corrected chi connectivity index (χ2v) is 6.91. The molecule has 1 aromatic carbocycles. The summed E-state index contributed by atoms with van der Waals surface area (Å²) in [6.07, 6.45) is 4.74. The Morgan fingerprint density at radius 2 is 2.17 bits per heavy atom. The maximum atomic E-state index is 13.0. The van der Waals surface area contributed by atoms with E-state index in [1.165, 1.54) is 6.42 Å². The first-order valence-electron chi connectivity index (χ1n) is 9.19. The molecule has 1 aliphatic rings. The second kappa shape index (κ2) is 8.52. The number of nitrogens with one attached hydrogen (secondary N) is 1. The number of rotatable bonds is 7. The van der Waals surface area contributed by atoms with Gasteiger partial charge in [-0.15, -0.1) is 0 Å². The Hall–Kier alpha value is -1.55. The molecule has 0 spiro atoms. The average Bonchev–Trinajstić information content (AvgIpc) is 2.55. The molecule has 0 bridgehead atoms. The summed E-state index contributed by atoms with van der Waals surface area (Å²) in [6.45, 7) is 9.51. The lowest BCUT2D eigenvalue weighted by Gasteiger charge is -2.38. The third-order valence-electron chi connectivity index (χ3n) is 4.68. The first-order valence-corrected chi connectivity index (χ1v) is 9.19. The smallest absolute Gasteiger partial charge is 0.256 e. The maximum absolute atomic E-state index is 13.0. The fourth-order valence-corrected chi connectivity index (χ4v) is 3.49. The number of hydrogen-bond donors (Lipinski definition) is 1. The zero-order chi connectivity index (χ0) is 17.6. The Balaban J connectivity index is 2.13. The number of ether oxygens (including phenoxy) is 2. The zero-order valence-electron chi connectivity index (χ0n) is 15.5. The van der Waals surface area contributed by atoms with Gasteiger partial charge in [0.15, 0.2) is 0 Å². The van der Waals surface area contributed by atoms with Gasteiger partial charge in [-0.3, -0.25) is 4.79 Å². The lowest BCUT2D eigenvalue weighted by molar-refractivity contribution is -0.148. The van der Waals surface area contributed by atoms with Crippen molar-refractivity contribution in [1.82, 2.24) is 0 Å². The highest BCUT2D eigenvalue weighted by atomic mass is 16.5. The van der Waals surface area contributed by atoms with E-state index < -0.39 is 5.60 Å². The van der Waals surface area contributed by atoms with Gasteiger partial charge >= 0.3 is 0 Å². The van der Waals surface area contributed by atoms with Crippen LogP contribution in [0.1, 0.15) is 58.4 Å². The Morgan fingerprint density at radius 3 is 2.79 bits per heavy atom. The van der Waals surface area contributed by atoms with Crippen molar-refractivity contribution in [2.24, 2.45) is 5.92 Å². The summed E-state index contributed by atoms with van der Waals surface area (Å²) < 4.78 is 11.6. The van der Waals surface area contributed by atoms with Gasteiger partial charge < -0.3 is 14.8 Å². The fourth-order valence-electron chi connectivity index (χ4n) is 3.49. The first-order chi connectivity index (χ1) is 11.5. The highest BCUT2D eigenvalue weighted by Gasteiger charge is 2.42. The van der Waals surface area contributed by atoms with Crippen LogP contribution < -0.4 is 10.1 Å². The Morgan fingerprint density at radius 1 is 1.38 bits per heavy atom. The third-order valence-corrected chi connectivity index (χ3v) is 4.68. The van der Waals surface area contributed by atoms with Gasteiger partial charge in [0.05, 0.1) is 6.61 Å². The minimum atomic E-state index is -0.680. The molecular formula is C20H31NO3. The SMILES string of the molecule is CCCO[C@@]1(C(=O)Nc2ccc(OCC)c(C)c2)CCC[C@@H](C)C1. The summed E-state index contributed by atoms with van der Waals surface area (Å²) >= 11 is 0. The molecule has 2 rings (SSSR count). The predicted molar refractivity (Wildman–Crippen MR) is 97.6 cm³/mol. The van der Waals surface area contributed by atoms with Crippen LogP contribution in [0, 0.1) is 12.8 Å². The molecule has 4 heteroatoms. The van der Waals surface area contributed by atoms with E-state index in [-0.39, 0.29) is 5.91 Å². The molecule has 0 aromatic heterocycles. The van der Waals surface area contributed by atoms with Crippen LogP contribution in [0.4, 0.5) is 5.69 Å². The molecule has 0 heterocycles. The van der Waals surface area contributed by atoms with E-state index in [0.29, 0.717) is 19.1 Å². The number of amides is 1. The van der Waals surface area contributed by atoms with Crippen LogP contribution >= 0.6 is 0 Å². The number of anilines is 1. The number of hydrogen-bond acceptors (Lipinski definition) is 3. The summed E-state index contributed by atoms with van der Waals surface area (Å²) in [6, 6.07) is 5.77. The van der Waals surface area contributed by atoms with Gasteiger partial charge in [0.2, 0.25) is 0 Å². The van der Waals surface area contributed by atoms with Crippen LogP contribution in [0.25, 0.3) is 0 Å². The second-order valence-electron chi connectivity index (χ2n) is 6.91. The summed E-state index contributed by atoms with van der Waals surface area (Å²) in [4.78, 5) is 13.0. The van der Waals surface area contributed by atoms with Crippen molar-refractivity contribution in [3.63, 3.8) is 0 Å². The fraction of sp³-hybridized carbons (Fsp3) is 0.650. The minimum Gasteiger partial charge on any atom is -0.494 e. The number of aryl methyl sites for hydroxylation is 1. The van der Waals surface area contributed by atoms with Crippen molar-refractivity contribution in [2.45, 2.75) is 65.4 Å². The van der Waals surface area contributed by atoms with Crippen molar-refractivity contribution in [3.8, 4) is 5.75 Å². The van der Waals surface area contributed by atoms with E-state index in [4.69, 9.17) is 9.47 Å². The summed E-state index contributed by atoms with van der Waals surface area (Å²) in [5.74, 6) is 1.37. The molecule has 1 aromatic rings. The van der Waals surface area contributed by atoms with Crippen molar-refractivity contribution < 1.29 is 14.3 Å². The van der Waals surface area contributed by atoms with Crippen molar-refractivity contribution in [2.75, 3.05) is 18.5 Å². The van der Waals surface area contributed by atoms with Crippen LogP contribution in [0.2, 0.25) is 0 Å². The lowest BCUT2D eigenvalue weighted by Crippen LogP contribution is -2.48. The largest absolute Gasteiger partial charge is 0.494 e. The molecule has 1 aliphatic carbocycles. The zero-order valence-corrected chi connectivity index (χ0v) is 15.5. The lowest BCUT2D eigenvalue weighted by atomic mass is 9.78. The standard InChI is InChI=1S/C20H31NO3/c1-5-12-24-20(11-7-8-15(3)14-20)19(22)21-17-9-10-18(23-6-2)16(4)13-17/h9-10,13,15H,5-8,11-12,14H2,1-4H3,(H,21,22)/t15-,20+/m1/s1. The molecule has 1 amide bonds. The van der Waals surface area contributed by atoms with Crippen LogP contribution in [0.15, 0.2) is 18.2 Å². The van der Waals surface area contributed by atoms with Gasteiger partial charge in [0, 0.05) is 12.3 Å². The average molecular weight is 333 g/mol. The first kappa shape index (κ1) is 18.8. The van der Waals surface area contributed by atoms with E-state index in [1.54, 1.807) is 0 Å². The maximum Gasteiger partial charge on any atom is 0.256 e. The van der Waals surface area contributed by atoms with E-state index in [9.17, 15) is 4.79 Å². The van der Waals surface area contributed by atoms with E-state index >= 15 is 0 Å². The van der Waals surface area contributed by atoms with E-state index in [2.05, 4.69) is 19.2 Å². The number of carbonyl (C=O) groups excluding carboxylic acids is 1. The normalized spacial score (nSPS) is 23.8. The topological polar surface area (TPSA) is 47.6 Å². The number of benzene rings is 1. The highest BCUT2D eigenvalue weighted by Crippen LogP contribution is 2.36. The summed E-state index contributed by atoms with van der Waals surface area (Å²) in [5, 5.41) is 3.07. The number of carbonyl (C=O) groups is 1. The van der Waals surface area contributed by atoms with Crippen LogP contribution in [0.5, 0.6) is 5.75 Å². The van der Waals surface area contributed by atoms with Gasteiger partial charge in [0.25, 0.3) is 5.91 Å². The van der Waals surface area contributed by atoms with Crippen molar-refractivity contribution in [3.05, 3.63) is 23.8 Å². The van der Waals surface area contributed by atoms with Gasteiger partial charge in [-0.1, -0.05) is 20.3 Å². The van der Waals surface area contributed by atoms with E-state index in [0.717, 1.165) is 42.7 Å². The molecule has 0 aliphatic heterocycles. The van der Waals surface area contributed by atoms with Gasteiger partial charge in [0.1, 0.15) is 11.4 Å². The molecule has 0 unspecified atom stereocenters. The Kier molecular flexibility index (Phi) is 6.67. The third kappa shape index (κ3) is 4.50. The van der Waals surface area contributed by atoms with E-state index in [1.807, 2.05) is 32.0 Å². The molecule has 0 saturated heterocycles. The van der Waals surface area contributed by atoms with Crippen LogP contribution in [-0.4, -0.2) is 24.7 Å². The predicted octanol–water partition coefficient (Wildman–Crippen LogP) is 4.71. The molecule has 0 radical (unpaired) electrons. The molecule has 1 N–H and O–H groups in total. The van der Waals surface area contributed by atoms with Gasteiger partial charge in [-0.2, -0.15) is 0 Å². The quantitative estimate of drug-likeness (QED) is 0.786. The summed E-state index contributed by atoms with van der Waals surface area (Å²) in [7, 11) is 0. The molecule has 2 atom stereocenters. The molecule has 134 valence electrons. The molecule has 1 fully saturated rings. The summed E-state index contributed by atoms with van der Waals surface area (Å²) in [5.41, 5.74) is 1.15. The monoisotopic (exact) mass is 333 g/mol. The van der Waals surface area contributed by atoms with Gasteiger partial charge in [-0.05, 0) is 69.2 Å². The molecule has 4 nitrogen and oxygen atoms in total. The van der Waals surface area contributed by atoms with Crippen molar-refractivity contribution in [1.29, 1.82) is 0 Å².